The molecule has 0 atom stereocenters. The summed E-state index contributed by atoms with van der Waals surface area (Å²) in [4.78, 5) is 16.2. The molecular formula is C17H27ClN4O2. The van der Waals surface area contributed by atoms with E-state index in [0.717, 1.165) is 11.3 Å². The van der Waals surface area contributed by atoms with E-state index in [0.29, 0.717) is 30.5 Å². The number of halogens is 1. The van der Waals surface area contributed by atoms with E-state index in [1.807, 2.05) is 32.9 Å². The molecule has 0 fully saturated rings. The molecule has 1 amide bonds. The second-order valence-electron chi connectivity index (χ2n) is 6.03. The van der Waals surface area contributed by atoms with Crippen molar-refractivity contribution in [3.05, 3.63) is 28.8 Å². The van der Waals surface area contributed by atoms with Gasteiger partial charge in [-0.3, -0.25) is 9.79 Å². The van der Waals surface area contributed by atoms with Gasteiger partial charge in [0.1, 0.15) is 0 Å². The molecule has 6 nitrogen and oxygen atoms in total. The lowest BCUT2D eigenvalue weighted by Crippen LogP contribution is -2.45. The maximum Gasteiger partial charge on any atom is 0.226 e. The Morgan fingerprint density at radius 3 is 2.67 bits per heavy atom. The largest absolute Gasteiger partial charge is 0.377 e. The van der Waals surface area contributed by atoms with Crippen molar-refractivity contribution in [1.29, 1.82) is 0 Å². The minimum absolute atomic E-state index is 0.0828. The van der Waals surface area contributed by atoms with Gasteiger partial charge >= 0.3 is 0 Å². The number of amides is 1. The summed E-state index contributed by atoms with van der Waals surface area (Å²) in [6.45, 7) is 6.91. The maximum absolute atomic E-state index is 12.0. The summed E-state index contributed by atoms with van der Waals surface area (Å²) < 4.78 is 5.34. The summed E-state index contributed by atoms with van der Waals surface area (Å²) in [5, 5.41) is 9.77. The number of hydrogen-bond donors (Lipinski definition) is 3. The van der Waals surface area contributed by atoms with Gasteiger partial charge in [-0.05, 0) is 38.5 Å². The molecule has 1 aromatic rings. The van der Waals surface area contributed by atoms with Gasteiger partial charge in [-0.15, -0.1) is 0 Å². The molecule has 24 heavy (non-hydrogen) atoms. The highest BCUT2D eigenvalue weighted by Crippen LogP contribution is 2.22. The first-order chi connectivity index (χ1) is 11.3. The third kappa shape index (κ3) is 6.76. The Hall–Kier alpha value is -1.79. The molecule has 1 aromatic carbocycles. The van der Waals surface area contributed by atoms with Crippen LogP contribution in [0, 0.1) is 6.92 Å². The minimum atomic E-state index is -0.293. The first-order valence-corrected chi connectivity index (χ1v) is 8.21. The Labute approximate surface area is 149 Å². The molecule has 0 aliphatic rings. The number of rotatable bonds is 7. The average molecular weight is 355 g/mol. The number of hydrogen-bond acceptors (Lipinski definition) is 3. The average Bonchev–Trinajstić information content (AvgIpc) is 2.55. The topological polar surface area (TPSA) is 74.8 Å². The summed E-state index contributed by atoms with van der Waals surface area (Å²) in [5.41, 5.74) is 1.30. The maximum atomic E-state index is 12.0. The highest BCUT2D eigenvalue weighted by molar-refractivity contribution is 6.31. The molecule has 0 heterocycles. The van der Waals surface area contributed by atoms with Gasteiger partial charge in [0.05, 0.1) is 5.60 Å². The van der Waals surface area contributed by atoms with Gasteiger partial charge in [-0.25, -0.2) is 0 Å². The second-order valence-corrected chi connectivity index (χ2v) is 6.43. The molecule has 3 N–H and O–H groups in total. The molecule has 7 heteroatoms. The number of aliphatic imine (C=N–C) groups is 1. The van der Waals surface area contributed by atoms with Crippen LogP contribution in [-0.4, -0.2) is 44.7 Å². The third-order valence-electron chi connectivity index (χ3n) is 3.64. The van der Waals surface area contributed by atoms with Crippen molar-refractivity contribution >= 4 is 29.2 Å². The van der Waals surface area contributed by atoms with Gasteiger partial charge in [0, 0.05) is 44.4 Å². The van der Waals surface area contributed by atoms with E-state index in [2.05, 4.69) is 20.9 Å². The van der Waals surface area contributed by atoms with E-state index >= 15 is 0 Å². The van der Waals surface area contributed by atoms with Crippen molar-refractivity contribution in [3.63, 3.8) is 0 Å². The summed E-state index contributed by atoms with van der Waals surface area (Å²) in [7, 11) is 3.35. The molecular weight excluding hydrogens is 328 g/mol. The van der Waals surface area contributed by atoms with E-state index in [9.17, 15) is 4.79 Å². The highest BCUT2D eigenvalue weighted by atomic mass is 35.5. The number of ether oxygens (including phenoxy) is 1. The monoisotopic (exact) mass is 354 g/mol. The van der Waals surface area contributed by atoms with Crippen molar-refractivity contribution in [3.8, 4) is 0 Å². The molecule has 0 aromatic heterocycles. The van der Waals surface area contributed by atoms with Gasteiger partial charge in [-0.2, -0.15) is 0 Å². The van der Waals surface area contributed by atoms with Crippen molar-refractivity contribution in [2.45, 2.75) is 32.8 Å². The van der Waals surface area contributed by atoms with Crippen LogP contribution in [-0.2, 0) is 9.53 Å². The van der Waals surface area contributed by atoms with Crippen molar-refractivity contribution in [2.24, 2.45) is 4.99 Å². The zero-order chi connectivity index (χ0) is 18.2. The molecule has 0 radical (unpaired) electrons. The molecule has 0 aliphatic heterocycles. The number of nitrogens with zero attached hydrogens (tertiary/aromatic N) is 1. The zero-order valence-electron chi connectivity index (χ0n) is 15.0. The Bertz CT molecular complexity index is 588. The number of anilines is 1. The molecule has 134 valence electrons. The molecule has 0 spiro atoms. The van der Waals surface area contributed by atoms with Crippen LogP contribution in [0.5, 0.6) is 0 Å². The summed E-state index contributed by atoms with van der Waals surface area (Å²) >= 11 is 6.05. The molecule has 0 bridgehead atoms. The lowest BCUT2D eigenvalue weighted by Gasteiger charge is -2.24. The lowest BCUT2D eigenvalue weighted by molar-refractivity contribution is -0.116. The van der Waals surface area contributed by atoms with Crippen LogP contribution in [0.1, 0.15) is 25.8 Å². The van der Waals surface area contributed by atoms with E-state index in [4.69, 9.17) is 16.3 Å². The molecule has 0 unspecified atom stereocenters. The first kappa shape index (κ1) is 20.3. The molecule has 0 aliphatic carbocycles. The van der Waals surface area contributed by atoms with Crippen LogP contribution in [0.3, 0.4) is 0 Å². The van der Waals surface area contributed by atoms with E-state index in [1.54, 1.807) is 20.2 Å². The smallest absolute Gasteiger partial charge is 0.226 e. The number of guanidine groups is 1. The zero-order valence-corrected chi connectivity index (χ0v) is 15.8. The van der Waals surface area contributed by atoms with Gasteiger partial charge in [0.2, 0.25) is 5.91 Å². The fraction of sp³-hybridized carbons (Fsp3) is 0.529. The van der Waals surface area contributed by atoms with Crippen molar-refractivity contribution < 1.29 is 9.53 Å². The Kier molecular flexibility index (Phi) is 8.01. The fourth-order valence-corrected chi connectivity index (χ4v) is 2.01. The highest BCUT2D eigenvalue weighted by Gasteiger charge is 2.16. The van der Waals surface area contributed by atoms with Crippen molar-refractivity contribution in [1.82, 2.24) is 10.6 Å². The van der Waals surface area contributed by atoms with Crippen LogP contribution in [0.4, 0.5) is 5.69 Å². The van der Waals surface area contributed by atoms with Crippen LogP contribution >= 0.6 is 11.6 Å². The third-order valence-corrected chi connectivity index (χ3v) is 4.05. The van der Waals surface area contributed by atoms with Gasteiger partial charge < -0.3 is 20.7 Å². The first-order valence-electron chi connectivity index (χ1n) is 7.83. The van der Waals surface area contributed by atoms with E-state index in [-0.39, 0.29) is 11.5 Å². The van der Waals surface area contributed by atoms with Crippen LogP contribution in [0.2, 0.25) is 5.02 Å². The normalized spacial score (nSPS) is 12.0. The number of benzene rings is 1. The van der Waals surface area contributed by atoms with E-state index in [1.165, 1.54) is 0 Å². The standard InChI is InChI=1S/C17H27ClN4O2/c1-12-13(18)7-6-8-14(12)22-15(23)9-10-20-16(19-4)21-11-17(2,3)24-5/h6-8H,9-11H2,1-5H3,(H,22,23)(H2,19,20,21). The molecule has 0 saturated heterocycles. The lowest BCUT2D eigenvalue weighted by atomic mass is 10.1. The fourth-order valence-electron chi connectivity index (χ4n) is 1.84. The van der Waals surface area contributed by atoms with Gasteiger partial charge in [0.15, 0.2) is 5.96 Å². The number of nitrogens with one attached hydrogen (secondary N) is 3. The Balaban J connectivity index is 2.40. The SMILES string of the molecule is CN=C(NCCC(=O)Nc1cccc(Cl)c1C)NCC(C)(C)OC. The summed E-state index contributed by atoms with van der Waals surface area (Å²) in [6, 6.07) is 5.44. The van der Waals surface area contributed by atoms with Crippen molar-refractivity contribution in [2.75, 3.05) is 32.6 Å². The predicted octanol–water partition coefficient (Wildman–Crippen LogP) is 2.57. The molecule has 0 saturated carbocycles. The van der Waals surface area contributed by atoms with Crippen LogP contribution in [0.15, 0.2) is 23.2 Å². The second kappa shape index (κ2) is 9.49. The van der Waals surface area contributed by atoms with Crippen LogP contribution in [0.25, 0.3) is 0 Å². The molecule has 1 rings (SSSR count). The number of carbonyl (C=O) groups excluding carboxylic acids is 1. The van der Waals surface area contributed by atoms with E-state index < -0.39 is 0 Å². The number of methoxy groups -OCH3 is 1. The summed E-state index contributed by atoms with van der Waals surface area (Å²) in [5.74, 6) is 0.549. The minimum Gasteiger partial charge on any atom is -0.377 e. The van der Waals surface area contributed by atoms with Gasteiger partial charge in [0.25, 0.3) is 0 Å². The quantitative estimate of drug-likeness (QED) is 0.519. The Morgan fingerprint density at radius 1 is 1.33 bits per heavy atom. The predicted molar refractivity (Wildman–Crippen MR) is 99.9 cm³/mol. The van der Waals surface area contributed by atoms with Gasteiger partial charge in [-0.1, -0.05) is 17.7 Å². The number of carbonyl (C=O) groups is 1. The van der Waals surface area contributed by atoms with Crippen LogP contribution < -0.4 is 16.0 Å². The summed E-state index contributed by atoms with van der Waals surface area (Å²) in [6.07, 6.45) is 0.320. The Morgan fingerprint density at radius 2 is 2.04 bits per heavy atom.